The molecule has 0 saturated heterocycles. The molecule has 0 radical (unpaired) electrons. The first kappa shape index (κ1) is 30.9. The van der Waals surface area contributed by atoms with Crippen LogP contribution in [-0.4, -0.2) is 31.0 Å². The largest absolute Gasteiger partial charge is 0.490 e. The fourth-order valence-electron chi connectivity index (χ4n) is 4.97. The predicted octanol–water partition coefficient (Wildman–Crippen LogP) is 7.52. The maximum atomic E-state index is 13.5. The number of halogens is 1. The molecule has 0 fully saturated rings. The van der Waals surface area contributed by atoms with Gasteiger partial charge in [-0.05, 0) is 71.8 Å². The summed E-state index contributed by atoms with van der Waals surface area (Å²) >= 11 is 7.31. The van der Waals surface area contributed by atoms with Gasteiger partial charge in [0, 0.05) is 22.3 Å². The molecule has 0 aliphatic rings. The van der Waals surface area contributed by atoms with E-state index in [0.29, 0.717) is 45.0 Å². The molecule has 0 bridgehead atoms. The standard InChI is InChI=1S/C38H28ClN5O3S/c1-2-21-46-32-18-13-26(14-19-32)15-20-35-40-38-44(41-35)37(45)34(48-38)23-29-24-43(31-8-4-3-5-9-31)42-36(29)28-7-6-10-33(22-28)47-25-27-11-16-30(39)17-12-27/h2-20,22-24H,1,21,25H2/b20-15+,34-23-. The van der Waals surface area contributed by atoms with Gasteiger partial charge in [-0.15, -0.1) is 5.10 Å². The van der Waals surface area contributed by atoms with Gasteiger partial charge in [-0.3, -0.25) is 4.79 Å². The summed E-state index contributed by atoms with van der Waals surface area (Å²) in [4.78, 5) is 18.6. The highest BCUT2D eigenvalue weighted by Crippen LogP contribution is 2.28. The average molecular weight is 670 g/mol. The van der Waals surface area contributed by atoms with Gasteiger partial charge in [0.15, 0.2) is 5.82 Å². The second-order valence-corrected chi connectivity index (χ2v) is 12.2. The zero-order valence-electron chi connectivity index (χ0n) is 25.6. The smallest absolute Gasteiger partial charge is 0.291 e. The Morgan fingerprint density at radius 3 is 2.44 bits per heavy atom. The highest BCUT2D eigenvalue weighted by atomic mass is 35.5. The van der Waals surface area contributed by atoms with Crippen molar-refractivity contribution in [3.63, 3.8) is 0 Å². The van der Waals surface area contributed by atoms with Crippen LogP contribution in [0.1, 0.15) is 22.5 Å². The van der Waals surface area contributed by atoms with E-state index >= 15 is 0 Å². The van der Waals surface area contributed by atoms with E-state index in [1.807, 2.05) is 126 Å². The molecule has 8 nitrogen and oxygen atoms in total. The third-order valence-electron chi connectivity index (χ3n) is 7.35. The number of fused-ring (bicyclic) bond motifs is 1. The highest BCUT2D eigenvalue weighted by Gasteiger charge is 2.15. The number of rotatable bonds is 11. The molecule has 0 atom stereocenters. The molecule has 3 heterocycles. The second-order valence-electron chi connectivity index (χ2n) is 10.7. The molecule has 7 aromatic rings. The Bertz CT molecular complexity index is 2340. The first-order valence-electron chi connectivity index (χ1n) is 15.1. The van der Waals surface area contributed by atoms with Crippen LogP contribution in [0.25, 0.3) is 40.1 Å². The van der Waals surface area contributed by atoms with Crippen LogP contribution in [0, 0.1) is 0 Å². The van der Waals surface area contributed by atoms with Gasteiger partial charge < -0.3 is 9.47 Å². The topological polar surface area (TPSA) is 83.5 Å². The summed E-state index contributed by atoms with van der Waals surface area (Å²) in [5, 5.41) is 10.1. The Morgan fingerprint density at radius 1 is 0.854 bits per heavy atom. The molecule has 236 valence electrons. The molecule has 0 aliphatic carbocycles. The average Bonchev–Trinajstić information content (AvgIpc) is 3.81. The molecule has 0 amide bonds. The number of benzene rings is 4. The van der Waals surface area contributed by atoms with E-state index in [9.17, 15) is 4.79 Å². The van der Waals surface area contributed by atoms with Gasteiger partial charge in [0.2, 0.25) is 4.96 Å². The molecular formula is C38H28ClN5O3S. The second kappa shape index (κ2) is 13.9. The van der Waals surface area contributed by atoms with E-state index in [1.165, 1.54) is 15.9 Å². The fraction of sp³-hybridized carbons (Fsp3) is 0.0526. The molecule has 0 spiro atoms. The highest BCUT2D eigenvalue weighted by molar-refractivity contribution is 7.15. The predicted molar refractivity (Wildman–Crippen MR) is 192 cm³/mol. The van der Waals surface area contributed by atoms with Crippen LogP contribution >= 0.6 is 22.9 Å². The van der Waals surface area contributed by atoms with Gasteiger partial charge >= 0.3 is 0 Å². The quantitative estimate of drug-likeness (QED) is 0.133. The van der Waals surface area contributed by atoms with Crippen LogP contribution in [0.15, 0.2) is 127 Å². The van der Waals surface area contributed by atoms with Gasteiger partial charge in [0.05, 0.1) is 10.2 Å². The summed E-state index contributed by atoms with van der Waals surface area (Å²) in [5.41, 5.74) is 4.95. The van der Waals surface area contributed by atoms with Gasteiger partial charge in [0.25, 0.3) is 5.56 Å². The van der Waals surface area contributed by atoms with E-state index in [2.05, 4.69) is 16.7 Å². The van der Waals surface area contributed by atoms with E-state index in [1.54, 1.807) is 12.2 Å². The van der Waals surface area contributed by atoms with Crippen molar-refractivity contribution in [1.29, 1.82) is 0 Å². The lowest BCUT2D eigenvalue weighted by Gasteiger charge is -2.08. The van der Waals surface area contributed by atoms with Gasteiger partial charge in [-0.1, -0.05) is 96.3 Å². The van der Waals surface area contributed by atoms with Crippen molar-refractivity contribution in [1.82, 2.24) is 24.4 Å². The zero-order valence-corrected chi connectivity index (χ0v) is 27.1. The van der Waals surface area contributed by atoms with Crippen LogP contribution in [0.5, 0.6) is 11.5 Å². The fourth-order valence-corrected chi connectivity index (χ4v) is 6.00. The van der Waals surface area contributed by atoms with Crippen molar-refractivity contribution in [3.8, 4) is 28.4 Å². The number of hydrogen-bond donors (Lipinski definition) is 0. The van der Waals surface area contributed by atoms with Gasteiger partial charge in [-0.2, -0.15) is 14.6 Å². The van der Waals surface area contributed by atoms with Crippen LogP contribution in [0.3, 0.4) is 0 Å². The number of para-hydroxylation sites is 1. The van der Waals surface area contributed by atoms with Crippen molar-refractivity contribution in [2.24, 2.45) is 0 Å². The van der Waals surface area contributed by atoms with Crippen LogP contribution < -0.4 is 19.6 Å². The number of nitrogens with zero attached hydrogens (tertiary/aromatic N) is 5. The SMILES string of the molecule is C=CCOc1ccc(/C=C/c2nc3s/c(=C\c4cn(-c5ccccc5)nc4-c4cccc(OCc5ccc(Cl)cc5)c4)c(=O)n3n2)cc1. The van der Waals surface area contributed by atoms with E-state index < -0.39 is 0 Å². The number of thiazole rings is 1. The molecule has 0 saturated carbocycles. The minimum Gasteiger partial charge on any atom is -0.490 e. The third kappa shape index (κ3) is 6.97. The van der Waals surface area contributed by atoms with Gasteiger partial charge in [0.1, 0.15) is 30.4 Å². The lowest BCUT2D eigenvalue weighted by atomic mass is 10.1. The third-order valence-corrected chi connectivity index (χ3v) is 8.56. The summed E-state index contributed by atoms with van der Waals surface area (Å²) in [6, 6.07) is 32.8. The first-order valence-corrected chi connectivity index (χ1v) is 16.3. The maximum Gasteiger partial charge on any atom is 0.291 e. The minimum atomic E-state index is -0.246. The van der Waals surface area contributed by atoms with E-state index in [-0.39, 0.29) is 5.56 Å². The van der Waals surface area contributed by atoms with Gasteiger partial charge in [-0.25, -0.2) is 4.68 Å². The van der Waals surface area contributed by atoms with Crippen LogP contribution in [0.4, 0.5) is 0 Å². The Hall–Kier alpha value is -5.77. The molecule has 0 aliphatic heterocycles. The monoisotopic (exact) mass is 669 g/mol. The Labute approximate surface area is 285 Å². The molecule has 3 aromatic heterocycles. The Morgan fingerprint density at radius 2 is 1.67 bits per heavy atom. The molecule has 4 aromatic carbocycles. The molecular weight excluding hydrogens is 642 g/mol. The molecule has 0 N–H and O–H groups in total. The normalized spacial score (nSPS) is 11.8. The number of ether oxygens (including phenoxy) is 2. The molecule has 0 unspecified atom stereocenters. The Kier molecular flexibility index (Phi) is 8.95. The lowest BCUT2D eigenvalue weighted by Crippen LogP contribution is -2.23. The Balaban J connectivity index is 1.19. The minimum absolute atomic E-state index is 0.246. The van der Waals surface area contributed by atoms with Crippen molar-refractivity contribution >= 4 is 46.1 Å². The zero-order chi connectivity index (χ0) is 32.9. The van der Waals surface area contributed by atoms with Crippen LogP contribution in [0.2, 0.25) is 5.02 Å². The number of aromatic nitrogens is 5. The molecule has 10 heteroatoms. The summed E-state index contributed by atoms with van der Waals surface area (Å²) < 4.78 is 15.3. The summed E-state index contributed by atoms with van der Waals surface area (Å²) in [5.74, 6) is 1.91. The van der Waals surface area contributed by atoms with E-state index in [0.717, 1.165) is 33.7 Å². The number of hydrogen-bond acceptors (Lipinski definition) is 7. The molecule has 48 heavy (non-hydrogen) atoms. The lowest BCUT2D eigenvalue weighted by molar-refractivity contribution is 0.306. The van der Waals surface area contributed by atoms with Crippen molar-refractivity contribution < 1.29 is 9.47 Å². The summed E-state index contributed by atoms with van der Waals surface area (Å²) in [6.45, 7) is 4.51. The van der Waals surface area contributed by atoms with Crippen molar-refractivity contribution in [2.75, 3.05) is 6.61 Å². The first-order chi connectivity index (χ1) is 23.5. The van der Waals surface area contributed by atoms with Crippen molar-refractivity contribution in [2.45, 2.75) is 6.61 Å². The molecule has 7 rings (SSSR count). The summed E-state index contributed by atoms with van der Waals surface area (Å²) in [6.07, 6.45) is 9.15. The maximum absolute atomic E-state index is 13.5. The van der Waals surface area contributed by atoms with Crippen molar-refractivity contribution in [3.05, 3.63) is 164 Å². The summed E-state index contributed by atoms with van der Waals surface area (Å²) in [7, 11) is 0. The van der Waals surface area contributed by atoms with Crippen LogP contribution in [-0.2, 0) is 6.61 Å². The van der Waals surface area contributed by atoms with E-state index in [4.69, 9.17) is 26.2 Å².